The van der Waals surface area contributed by atoms with E-state index in [9.17, 15) is 14.7 Å². The van der Waals surface area contributed by atoms with Crippen molar-refractivity contribution in [3.8, 4) is 0 Å². The molecular weight excluding hydrogens is 524 g/mol. The molecule has 0 aromatic heterocycles. The lowest BCUT2D eigenvalue weighted by Crippen LogP contribution is -2.25. The number of aliphatic hydroxyl groups excluding tert-OH is 1. The number of hydrogen-bond donors (Lipinski definition) is 1. The molecule has 0 heterocycles. The highest BCUT2D eigenvalue weighted by molar-refractivity contribution is 5.69. The van der Waals surface area contributed by atoms with Gasteiger partial charge in [-0.05, 0) is 44.9 Å². The standard InChI is InChI=1S/C37H68O5/c1-3-5-7-9-11-13-15-17-18-19-20-22-24-26-28-30-32-37(40)42-34-35(38)33-41-36(39)31-29-27-25-23-21-16-14-12-10-8-6-4-2/h13,15,18-19,35,38H,3-12,14,16-17,20-34H2,1-2H3/b15-13-,19-18-/t35-/m1/s1. The molecule has 0 unspecified atom stereocenters. The predicted octanol–water partition coefficient (Wildman–Crippen LogP) is 10.7. The van der Waals surface area contributed by atoms with Crippen molar-refractivity contribution in [1.82, 2.24) is 0 Å². The Morgan fingerprint density at radius 2 is 0.833 bits per heavy atom. The van der Waals surface area contributed by atoms with Crippen molar-refractivity contribution in [3.05, 3.63) is 24.3 Å². The van der Waals surface area contributed by atoms with Crippen LogP contribution in [0.4, 0.5) is 0 Å². The van der Waals surface area contributed by atoms with Gasteiger partial charge in [-0.2, -0.15) is 0 Å². The molecule has 1 atom stereocenters. The van der Waals surface area contributed by atoms with Crippen LogP contribution in [-0.4, -0.2) is 36.4 Å². The van der Waals surface area contributed by atoms with E-state index in [1.54, 1.807) is 0 Å². The number of carbonyl (C=O) groups excluding carboxylic acids is 2. The first kappa shape index (κ1) is 40.4. The number of aliphatic hydroxyl groups is 1. The molecule has 5 nitrogen and oxygen atoms in total. The zero-order valence-electron chi connectivity index (χ0n) is 27.8. The maximum atomic E-state index is 11.9. The third-order valence-electron chi connectivity index (χ3n) is 7.69. The number of ether oxygens (including phenoxy) is 2. The monoisotopic (exact) mass is 593 g/mol. The minimum atomic E-state index is -0.964. The van der Waals surface area contributed by atoms with Gasteiger partial charge < -0.3 is 14.6 Å². The first-order chi connectivity index (χ1) is 20.6. The van der Waals surface area contributed by atoms with Crippen LogP contribution >= 0.6 is 0 Å². The van der Waals surface area contributed by atoms with E-state index in [1.165, 1.54) is 103 Å². The lowest BCUT2D eigenvalue weighted by Gasteiger charge is -2.12. The molecule has 0 saturated carbocycles. The van der Waals surface area contributed by atoms with Crippen molar-refractivity contribution in [2.45, 2.75) is 187 Å². The summed E-state index contributed by atoms with van der Waals surface area (Å²) in [5, 5.41) is 9.97. The number of esters is 2. The van der Waals surface area contributed by atoms with Crippen LogP contribution in [0.15, 0.2) is 24.3 Å². The van der Waals surface area contributed by atoms with Crippen LogP contribution in [0.5, 0.6) is 0 Å². The van der Waals surface area contributed by atoms with Gasteiger partial charge in [-0.15, -0.1) is 0 Å². The van der Waals surface area contributed by atoms with Crippen molar-refractivity contribution in [3.63, 3.8) is 0 Å². The summed E-state index contributed by atoms with van der Waals surface area (Å²) in [6.45, 7) is 4.26. The first-order valence-corrected chi connectivity index (χ1v) is 17.9. The van der Waals surface area contributed by atoms with Gasteiger partial charge in [-0.1, -0.05) is 147 Å². The molecule has 0 saturated heterocycles. The Kier molecular flexibility index (Phi) is 32.6. The number of hydrogen-bond acceptors (Lipinski definition) is 5. The van der Waals surface area contributed by atoms with Gasteiger partial charge >= 0.3 is 11.9 Å². The molecule has 0 radical (unpaired) electrons. The van der Waals surface area contributed by atoms with E-state index < -0.39 is 6.10 Å². The van der Waals surface area contributed by atoms with Crippen molar-refractivity contribution < 1.29 is 24.2 Å². The van der Waals surface area contributed by atoms with E-state index in [-0.39, 0.29) is 25.2 Å². The summed E-state index contributed by atoms with van der Waals surface area (Å²) in [7, 11) is 0. The predicted molar refractivity (Wildman–Crippen MR) is 178 cm³/mol. The Morgan fingerprint density at radius 1 is 0.500 bits per heavy atom. The number of carbonyl (C=O) groups is 2. The molecule has 0 aliphatic carbocycles. The fraction of sp³-hybridized carbons (Fsp3) is 0.838. The lowest BCUT2D eigenvalue weighted by molar-refractivity contribution is -0.152. The maximum absolute atomic E-state index is 11.9. The van der Waals surface area contributed by atoms with E-state index in [0.717, 1.165) is 51.4 Å². The molecule has 0 rings (SSSR count). The SMILES string of the molecule is CCCCCC/C=C\C/C=C\CCCCCCCC(=O)OC[C@H](O)COC(=O)CCCCCCCCCCCCCC. The molecule has 0 fully saturated rings. The summed E-state index contributed by atoms with van der Waals surface area (Å²) in [4.78, 5) is 23.8. The molecule has 0 spiro atoms. The van der Waals surface area contributed by atoms with E-state index in [0.29, 0.717) is 12.8 Å². The summed E-state index contributed by atoms with van der Waals surface area (Å²) in [5.41, 5.74) is 0. The van der Waals surface area contributed by atoms with Crippen LogP contribution in [0.1, 0.15) is 181 Å². The fourth-order valence-electron chi connectivity index (χ4n) is 4.94. The largest absolute Gasteiger partial charge is 0.463 e. The van der Waals surface area contributed by atoms with Gasteiger partial charge in [-0.3, -0.25) is 9.59 Å². The van der Waals surface area contributed by atoms with Crippen molar-refractivity contribution in [2.75, 3.05) is 13.2 Å². The minimum absolute atomic E-state index is 0.117. The van der Waals surface area contributed by atoms with Crippen LogP contribution in [-0.2, 0) is 19.1 Å². The molecule has 42 heavy (non-hydrogen) atoms. The normalized spacial score (nSPS) is 12.4. The number of allylic oxidation sites excluding steroid dienone is 4. The Labute approximate surface area is 260 Å². The molecule has 246 valence electrons. The van der Waals surface area contributed by atoms with Crippen molar-refractivity contribution >= 4 is 11.9 Å². The summed E-state index contributed by atoms with van der Waals surface area (Å²) < 4.78 is 10.3. The molecule has 0 aliphatic heterocycles. The maximum Gasteiger partial charge on any atom is 0.305 e. The van der Waals surface area contributed by atoms with E-state index in [2.05, 4.69) is 38.2 Å². The van der Waals surface area contributed by atoms with Gasteiger partial charge in [0.2, 0.25) is 0 Å². The molecular formula is C37H68O5. The highest BCUT2D eigenvalue weighted by Gasteiger charge is 2.12. The van der Waals surface area contributed by atoms with Crippen LogP contribution in [0.3, 0.4) is 0 Å². The third-order valence-corrected chi connectivity index (χ3v) is 7.69. The van der Waals surface area contributed by atoms with Gasteiger partial charge in [0.15, 0.2) is 0 Å². The van der Waals surface area contributed by atoms with Gasteiger partial charge in [0, 0.05) is 12.8 Å². The summed E-state index contributed by atoms with van der Waals surface area (Å²) in [5.74, 6) is -0.578. The van der Waals surface area contributed by atoms with Gasteiger partial charge in [0.25, 0.3) is 0 Å². The van der Waals surface area contributed by atoms with Gasteiger partial charge in [0.05, 0.1) is 0 Å². The highest BCUT2D eigenvalue weighted by atomic mass is 16.6. The molecule has 0 bridgehead atoms. The summed E-state index contributed by atoms with van der Waals surface area (Å²) >= 11 is 0. The second-order valence-electron chi connectivity index (χ2n) is 12.0. The van der Waals surface area contributed by atoms with E-state index in [1.807, 2.05) is 0 Å². The molecule has 0 amide bonds. The topological polar surface area (TPSA) is 72.8 Å². The fourth-order valence-corrected chi connectivity index (χ4v) is 4.94. The zero-order chi connectivity index (χ0) is 30.8. The van der Waals surface area contributed by atoms with Crippen molar-refractivity contribution in [1.29, 1.82) is 0 Å². The molecule has 5 heteroatoms. The number of unbranched alkanes of at least 4 members (excludes halogenated alkanes) is 20. The average Bonchev–Trinajstić information content (AvgIpc) is 2.99. The first-order valence-electron chi connectivity index (χ1n) is 17.9. The Morgan fingerprint density at radius 3 is 1.24 bits per heavy atom. The van der Waals surface area contributed by atoms with Crippen LogP contribution in [0.2, 0.25) is 0 Å². The second kappa shape index (κ2) is 33.9. The van der Waals surface area contributed by atoms with Crippen LogP contribution < -0.4 is 0 Å². The average molecular weight is 593 g/mol. The quantitative estimate of drug-likeness (QED) is 0.0478. The number of rotatable bonds is 32. The smallest absolute Gasteiger partial charge is 0.305 e. The zero-order valence-corrected chi connectivity index (χ0v) is 27.8. The highest BCUT2D eigenvalue weighted by Crippen LogP contribution is 2.13. The minimum Gasteiger partial charge on any atom is -0.463 e. The third kappa shape index (κ3) is 32.9. The van der Waals surface area contributed by atoms with E-state index >= 15 is 0 Å². The van der Waals surface area contributed by atoms with E-state index in [4.69, 9.17) is 9.47 Å². The Hall–Kier alpha value is -1.62. The molecule has 0 aromatic rings. The molecule has 0 aliphatic rings. The Bertz CT molecular complexity index is 642. The van der Waals surface area contributed by atoms with Crippen LogP contribution in [0.25, 0.3) is 0 Å². The van der Waals surface area contributed by atoms with Crippen molar-refractivity contribution in [2.24, 2.45) is 0 Å². The Balaban J connectivity index is 3.46. The summed E-state index contributed by atoms with van der Waals surface area (Å²) in [6, 6.07) is 0. The molecule has 0 aromatic carbocycles. The van der Waals surface area contributed by atoms with Crippen LogP contribution in [0, 0.1) is 0 Å². The second-order valence-corrected chi connectivity index (χ2v) is 12.0. The summed E-state index contributed by atoms with van der Waals surface area (Å²) in [6.07, 6.45) is 37.9. The van der Waals surface area contributed by atoms with Gasteiger partial charge in [-0.25, -0.2) is 0 Å². The lowest BCUT2D eigenvalue weighted by atomic mass is 10.0. The molecule has 1 N–H and O–H groups in total. The van der Waals surface area contributed by atoms with Gasteiger partial charge in [0.1, 0.15) is 19.3 Å².